The van der Waals surface area contributed by atoms with Crippen molar-refractivity contribution in [1.82, 2.24) is 15.1 Å². The molecule has 0 radical (unpaired) electrons. The van der Waals surface area contributed by atoms with Crippen LogP contribution in [0.4, 0.5) is 0 Å². The fraction of sp³-hybridized carbons (Fsp3) is 0.565. The summed E-state index contributed by atoms with van der Waals surface area (Å²) in [6.45, 7) is 3.45. The van der Waals surface area contributed by atoms with Gasteiger partial charge in [-0.15, -0.1) is 6.42 Å². The van der Waals surface area contributed by atoms with Crippen LogP contribution >= 0.6 is 0 Å². The van der Waals surface area contributed by atoms with Gasteiger partial charge in [-0.25, -0.2) is 0 Å². The molecule has 1 unspecified atom stereocenters. The third kappa shape index (κ3) is 4.39. The van der Waals surface area contributed by atoms with Gasteiger partial charge in [-0.2, -0.15) is 0 Å². The Morgan fingerprint density at radius 2 is 1.86 bits per heavy atom. The Morgan fingerprint density at radius 3 is 2.57 bits per heavy atom. The quantitative estimate of drug-likeness (QED) is 0.817. The molecule has 1 atom stereocenters. The average molecular weight is 380 g/mol. The lowest BCUT2D eigenvalue weighted by Gasteiger charge is -2.42. The Morgan fingerprint density at radius 1 is 1.07 bits per heavy atom. The number of amides is 2. The molecule has 0 spiro atoms. The first-order valence-corrected chi connectivity index (χ1v) is 10.5. The molecular weight excluding hydrogens is 350 g/mol. The molecule has 148 valence electrons. The summed E-state index contributed by atoms with van der Waals surface area (Å²) in [5.74, 6) is 3.03. The highest BCUT2D eigenvalue weighted by Gasteiger charge is 2.34. The monoisotopic (exact) mass is 379 g/mol. The summed E-state index contributed by atoms with van der Waals surface area (Å²) in [6, 6.07) is 8.22. The van der Waals surface area contributed by atoms with Gasteiger partial charge in [-0.1, -0.05) is 12.0 Å². The van der Waals surface area contributed by atoms with Crippen molar-refractivity contribution in [3.63, 3.8) is 0 Å². The van der Waals surface area contributed by atoms with E-state index in [1.807, 2.05) is 23.1 Å². The summed E-state index contributed by atoms with van der Waals surface area (Å²) in [7, 11) is 0. The Balaban J connectivity index is 1.30. The Kier molecular flexibility index (Phi) is 5.68. The molecule has 3 fully saturated rings. The van der Waals surface area contributed by atoms with Crippen molar-refractivity contribution in [1.29, 1.82) is 0 Å². The number of hydrogen-bond donors (Lipinski definition) is 1. The summed E-state index contributed by atoms with van der Waals surface area (Å²) in [4.78, 5) is 29.6. The lowest BCUT2D eigenvalue weighted by Crippen LogP contribution is -2.51. The molecule has 1 aromatic carbocycles. The van der Waals surface area contributed by atoms with Gasteiger partial charge in [-0.05, 0) is 63.3 Å². The zero-order valence-corrected chi connectivity index (χ0v) is 16.4. The molecule has 1 aromatic rings. The molecule has 0 aromatic heterocycles. The summed E-state index contributed by atoms with van der Waals surface area (Å²) >= 11 is 0. The first kappa shape index (κ1) is 19.0. The normalized spacial score (nSPS) is 23.8. The van der Waals surface area contributed by atoms with Crippen LogP contribution in [0.5, 0.6) is 0 Å². The second-order valence-electron chi connectivity index (χ2n) is 8.37. The summed E-state index contributed by atoms with van der Waals surface area (Å²) in [6.07, 6.45) is 11.7. The second kappa shape index (κ2) is 8.36. The highest BCUT2D eigenvalue weighted by molar-refractivity contribution is 5.94. The number of nitrogens with zero attached hydrogens (tertiary/aromatic N) is 2. The minimum absolute atomic E-state index is 0.0656. The van der Waals surface area contributed by atoms with E-state index in [1.54, 1.807) is 6.07 Å². The number of nitrogens with one attached hydrogen (secondary N) is 1. The smallest absolute Gasteiger partial charge is 0.253 e. The average Bonchev–Trinajstić information content (AvgIpc) is 3.57. The lowest BCUT2D eigenvalue weighted by atomic mass is 9.93. The number of carbonyl (C=O) groups excluding carboxylic acids is 2. The fourth-order valence-electron chi connectivity index (χ4n) is 4.46. The standard InChI is InChI=1S/C23H29N3O2/c1-2-17-5-3-6-18(15-17)23(28)25-13-10-21(11-14-25)26-12-4-7-19(16-26)22(27)24-20-8-9-20/h1,3,5-6,15,19-21H,4,7-14,16H2,(H,24,27). The maximum atomic E-state index is 12.8. The highest BCUT2D eigenvalue weighted by Crippen LogP contribution is 2.26. The maximum absolute atomic E-state index is 12.8. The molecule has 2 aliphatic heterocycles. The molecular formula is C23H29N3O2. The van der Waals surface area contributed by atoms with E-state index in [0.29, 0.717) is 17.6 Å². The van der Waals surface area contributed by atoms with Crippen LogP contribution in [0.2, 0.25) is 0 Å². The number of benzene rings is 1. The van der Waals surface area contributed by atoms with Crippen molar-refractivity contribution in [3.8, 4) is 12.3 Å². The summed E-state index contributed by atoms with van der Waals surface area (Å²) in [5.41, 5.74) is 1.41. The summed E-state index contributed by atoms with van der Waals surface area (Å²) in [5, 5.41) is 3.16. The van der Waals surface area contributed by atoms with Crippen LogP contribution in [0, 0.1) is 18.3 Å². The third-order valence-corrected chi connectivity index (χ3v) is 6.29. The van der Waals surface area contributed by atoms with Crippen molar-refractivity contribution in [2.75, 3.05) is 26.2 Å². The number of hydrogen-bond acceptors (Lipinski definition) is 3. The molecule has 28 heavy (non-hydrogen) atoms. The lowest BCUT2D eigenvalue weighted by molar-refractivity contribution is -0.127. The van der Waals surface area contributed by atoms with E-state index < -0.39 is 0 Å². The second-order valence-corrected chi connectivity index (χ2v) is 8.37. The van der Waals surface area contributed by atoms with Crippen molar-refractivity contribution < 1.29 is 9.59 Å². The minimum Gasteiger partial charge on any atom is -0.353 e. The van der Waals surface area contributed by atoms with Crippen LogP contribution in [0.1, 0.15) is 54.4 Å². The Bertz CT molecular complexity index is 772. The van der Waals surface area contributed by atoms with Crippen molar-refractivity contribution in [2.45, 2.75) is 50.6 Å². The van der Waals surface area contributed by atoms with Gasteiger partial charge in [0.1, 0.15) is 0 Å². The number of piperidine rings is 2. The number of terminal acetylenes is 1. The molecule has 1 saturated carbocycles. The van der Waals surface area contributed by atoms with Crippen LogP contribution in [-0.4, -0.2) is 59.9 Å². The number of carbonyl (C=O) groups is 2. The van der Waals surface area contributed by atoms with Gasteiger partial charge in [0.2, 0.25) is 5.91 Å². The molecule has 2 amide bonds. The zero-order valence-electron chi connectivity index (χ0n) is 16.4. The van der Waals surface area contributed by atoms with E-state index in [-0.39, 0.29) is 17.7 Å². The fourth-order valence-corrected chi connectivity index (χ4v) is 4.46. The van der Waals surface area contributed by atoms with E-state index >= 15 is 0 Å². The first-order chi connectivity index (χ1) is 13.6. The number of rotatable bonds is 4. The van der Waals surface area contributed by atoms with Crippen molar-refractivity contribution in [3.05, 3.63) is 35.4 Å². The van der Waals surface area contributed by atoms with Gasteiger partial charge < -0.3 is 10.2 Å². The van der Waals surface area contributed by atoms with Crippen LogP contribution in [0.3, 0.4) is 0 Å². The minimum atomic E-state index is 0.0656. The van der Waals surface area contributed by atoms with E-state index in [9.17, 15) is 9.59 Å². The van der Waals surface area contributed by atoms with E-state index in [2.05, 4.69) is 16.1 Å². The van der Waals surface area contributed by atoms with E-state index in [1.165, 1.54) is 0 Å². The van der Waals surface area contributed by atoms with Crippen molar-refractivity contribution >= 4 is 11.8 Å². The molecule has 4 rings (SSSR count). The summed E-state index contributed by atoms with van der Waals surface area (Å²) < 4.78 is 0. The van der Waals surface area contributed by atoms with Gasteiger partial charge in [0.05, 0.1) is 5.92 Å². The van der Waals surface area contributed by atoms with Gasteiger partial charge in [-0.3, -0.25) is 14.5 Å². The van der Waals surface area contributed by atoms with Gasteiger partial charge in [0.15, 0.2) is 0 Å². The number of likely N-dealkylation sites (tertiary alicyclic amines) is 2. The molecule has 0 bridgehead atoms. The molecule has 1 N–H and O–H groups in total. The largest absolute Gasteiger partial charge is 0.353 e. The molecule has 5 heteroatoms. The van der Waals surface area contributed by atoms with Gasteiger partial charge >= 0.3 is 0 Å². The molecule has 2 saturated heterocycles. The van der Waals surface area contributed by atoms with Gasteiger partial charge in [0.25, 0.3) is 5.91 Å². The van der Waals surface area contributed by atoms with E-state index in [4.69, 9.17) is 6.42 Å². The predicted molar refractivity (Wildman–Crippen MR) is 109 cm³/mol. The molecule has 3 aliphatic rings. The van der Waals surface area contributed by atoms with Crippen molar-refractivity contribution in [2.24, 2.45) is 5.92 Å². The van der Waals surface area contributed by atoms with Crippen LogP contribution in [0.15, 0.2) is 24.3 Å². The van der Waals surface area contributed by atoms with Gasteiger partial charge in [0, 0.05) is 42.8 Å². The van der Waals surface area contributed by atoms with Crippen LogP contribution < -0.4 is 5.32 Å². The highest BCUT2D eigenvalue weighted by atomic mass is 16.2. The van der Waals surface area contributed by atoms with Crippen LogP contribution in [-0.2, 0) is 4.79 Å². The maximum Gasteiger partial charge on any atom is 0.253 e. The SMILES string of the molecule is C#Cc1cccc(C(=O)N2CCC(N3CCCC(C(=O)NC4CC4)C3)CC2)c1. The van der Waals surface area contributed by atoms with E-state index in [0.717, 1.165) is 70.3 Å². The Labute approximate surface area is 167 Å². The Hall–Kier alpha value is -2.32. The van der Waals surface area contributed by atoms with Crippen LogP contribution in [0.25, 0.3) is 0 Å². The molecule has 1 aliphatic carbocycles. The zero-order chi connectivity index (χ0) is 19.5. The molecule has 5 nitrogen and oxygen atoms in total. The first-order valence-electron chi connectivity index (χ1n) is 10.5. The third-order valence-electron chi connectivity index (χ3n) is 6.29. The predicted octanol–water partition coefficient (Wildman–Crippen LogP) is 2.26. The topological polar surface area (TPSA) is 52.7 Å². The molecule has 2 heterocycles.